The Bertz CT molecular complexity index is 796. The second kappa shape index (κ2) is 6.97. The number of anilines is 2. The lowest BCUT2D eigenvalue weighted by atomic mass is 10.1. The van der Waals surface area contributed by atoms with E-state index >= 15 is 0 Å². The van der Waals surface area contributed by atoms with Gasteiger partial charge in [0.1, 0.15) is 11.1 Å². The second-order valence-corrected chi connectivity index (χ2v) is 6.49. The van der Waals surface area contributed by atoms with Crippen LogP contribution in [-0.2, 0) is 9.59 Å². The number of hydrogen-bond donors (Lipinski definition) is 1. The summed E-state index contributed by atoms with van der Waals surface area (Å²) >= 11 is 17.6. The summed E-state index contributed by atoms with van der Waals surface area (Å²) in [5, 5.41) is 3.79. The van der Waals surface area contributed by atoms with E-state index in [1.54, 1.807) is 30.3 Å². The number of benzene rings is 1. The van der Waals surface area contributed by atoms with E-state index in [0.717, 1.165) is 0 Å². The molecule has 1 aromatic carbocycles. The van der Waals surface area contributed by atoms with Crippen LogP contribution in [0.25, 0.3) is 0 Å². The van der Waals surface area contributed by atoms with Gasteiger partial charge in [-0.15, -0.1) is 0 Å². The predicted octanol–water partition coefficient (Wildman–Crippen LogP) is 4.03. The lowest BCUT2D eigenvalue weighted by Crippen LogP contribution is -2.33. The highest BCUT2D eigenvalue weighted by Gasteiger charge is 2.37. The van der Waals surface area contributed by atoms with Gasteiger partial charge >= 0.3 is 0 Å². The summed E-state index contributed by atoms with van der Waals surface area (Å²) in [6.07, 6.45) is 1.86. The summed E-state index contributed by atoms with van der Waals surface area (Å²) in [6, 6.07) is 8.14. The van der Waals surface area contributed by atoms with Gasteiger partial charge in [-0.3, -0.25) is 9.59 Å². The molecule has 1 saturated heterocycles. The Labute approximate surface area is 153 Å². The third-order valence-electron chi connectivity index (χ3n) is 3.73. The lowest BCUT2D eigenvalue weighted by molar-refractivity contribution is -0.129. The SMILES string of the molecule is O=C(Nc1ccc(Cl)nc1)C1CCN(c2ccc(Cl)c(Cl)c2)C1=O. The Morgan fingerprint density at radius 3 is 2.62 bits per heavy atom. The number of aromatic nitrogens is 1. The van der Waals surface area contributed by atoms with Crippen molar-refractivity contribution in [2.45, 2.75) is 6.42 Å². The minimum absolute atomic E-state index is 0.271. The molecule has 0 radical (unpaired) electrons. The molecule has 2 heterocycles. The highest BCUT2D eigenvalue weighted by atomic mass is 35.5. The normalized spacial score (nSPS) is 17.2. The molecule has 1 aromatic heterocycles. The standard InChI is InChI=1S/C16H12Cl3N3O2/c17-12-3-2-10(7-13(12)18)22-6-5-11(16(22)24)15(23)21-9-1-4-14(19)20-8-9/h1-4,7-8,11H,5-6H2,(H,21,23). The first-order valence-electron chi connectivity index (χ1n) is 7.14. The molecule has 0 saturated carbocycles. The molecule has 8 heteroatoms. The molecular weight excluding hydrogens is 373 g/mol. The van der Waals surface area contributed by atoms with Gasteiger partial charge in [-0.1, -0.05) is 34.8 Å². The average molecular weight is 385 g/mol. The van der Waals surface area contributed by atoms with Gasteiger partial charge in [-0.2, -0.15) is 0 Å². The van der Waals surface area contributed by atoms with Crippen LogP contribution in [-0.4, -0.2) is 23.3 Å². The van der Waals surface area contributed by atoms with E-state index in [0.29, 0.717) is 39.5 Å². The predicted molar refractivity (Wildman–Crippen MR) is 94.8 cm³/mol. The minimum Gasteiger partial charge on any atom is -0.324 e. The van der Waals surface area contributed by atoms with Gasteiger partial charge in [0.25, 0.3) is 0 Å². The van der Waals surface area contributed by atoms with Crippen LogP contribution >= 0.6 is 34.8 Å². The Balaban J connectivity index is 1.72. The maximum atomic E-state index is 12.5. The summed E-state index contributed by atoms with van der Waals surface area (Å²) in [6.45, 7) is 0.438. The molecule has 2 aromatic rings. The molecule has 1 N–H and O–H groups in total. The van der Waals surface area contributed by atoms with Crippen molar-refractivity contribution in [2.24, 2.45) is 5.92 Å². The molecule has 5 nitrogen and oxygen atoms in total. The van der Waals surface area contributed by atoms with Crippen LogP contribution in [0.1, 0.15) is 6.42 Å². The van der Waals surface area contributed by atoms with Gasteiger partial charge in [0, 0.05) is 12.2 Å². The van der Waals surface area contributed by atoms with Crippen LogP contribution in [0, 0.1) is 5.92 Å². The maximum Gasteiger partial charge on any atom is 0.239 e. The van der Waals surface area contributed by atoms with Crippen molar-refractivity contribution in [3.8, 4) is 0 Å². The number of amides is 2. The fraction of sp³-hybridized carbons (Fsp3) is 0.188. The summed E-state index contributed by atoms with van der Waals surface area (Å²) in [7, 11) is 0. The number of halogens is 3. The largest absolute Gasteiger partial charge is 0.324 e. The average Bonchev–Trinajstić information content (AvgIpc) is 2.94. The second-order valence-electron chi connectivity index (χ2n) is 5.29. The summed E-state index contributed by atoms with van der Waals surface area (Å²) in [5.74, 6) is -1.39. The monoisotopic (exact) mass is 383 g/mol. The molecule has 24 heavy (non-hydrogen) atoms. The number of carbonyl (C=O) groups is 2. The minimum atomic E-state index is -0.755. The van der Waals surface area contributed by atoms with Crippen molar-refractivity contribution in [1.29, 1.82) is 0 Å². The van der Waals surface area contributed by atoms with E-state index in [-0.39, 0.29) is 11.8 Å². The first-order valence-corrected chi connectivity index (χ1v) is 8.28. The van der Waals surface area contributed by atoms with Crippen molar-refractivity contribution >= 4 is 58.0 Å². The van der Waals surface area contributed by atoms with Crippen molar-refractivity contribution < 1.29 is 9.59 Å². The van der Waals surface area contributed by atoms with E-state index in [9.17, 15) is 9.59 Å². The number of rotatable bonds is 3. The molecule has 2 amide bonds. The Morgan fingerprint density at radius 2 is 1.96 bits per heavy atom. The van der Waals surface area contributed by atoms with Crippen LogP contribution in [0.3, 0.4) is 0 Å². The number of hydrogen-bond acceptors (Lipinski definition) is 3. The van der Waals surface area contributed by atoms with E-state index in [1.165, 1.54) is 11.1 Å². The third-order valence-corrected chi connectivity index (χ3v) is 4.69. The van der Waals surface area contributed by atoms with Gasteiger partial charge in [-0.25, -0.2) is 4.98 Å². The zero-order valence-electron chi connectivity index (χ0n) is 12.3. The number of nitrogens with zero attached hydrogens (tertiary/aromatic N) is 2. The summed E-state index contributed by atoms with van der Waals surface area (Å²) in [4.78, 5) is 30.3. The topological polar surface area (TPSA) is 62.3 Å². The van der Waals surface area contributed by atoms with Gasteiger partial charge in [-0.05, 0) is 36.8 Å². The molecule has 1 aliphatic heterocycles. The van der Waals surface area contributed by atoms with Crippen molar-refractivity contribution in [3.63, 3.8) is 0 Å². The van der Waals surface area contributed by atoms with Gasteiger partial charge in [0.15, 0.2) is 0 Å². The Morgan fingerprint density at radius 1 is 1.17 bits per heavy atom. The highest BCUT2D eigenvalue weighted by molar-refractivity contribution is 6.42. The summed E-state index contributed by atoms with van der Waals surface area (Å²) in [5.41, 5.74) is 1.11. The fourth-order valence-corrected chi connectivity index (χ4v) is 2.92. The molecule has 1 aliphatic rings. The highest BCUT2D eigenvalue weighted by Crippen LogP contribution is 2.31. The van der Waals surface area contributed by atoms with Crippen LogP contribution in [0.2, 0.25) is 15.2 Å². The first kappa shape index (κ1) is 17.0. The third kappa shape index (κ3) is 3.48. The van der Waals surface area contributed by atoms with Crippen LogP contribution < -0.4 is 10.2 Å². The molecule has 0 spiro atoms. The number of nitrogens with one attached hydrogen (secondary N) is 1. The Kier molecular flexibility index (Phi) is 4.94. The van der Waals surface area contributed by atoms with E-state index in [2.05, 4.69) is 10.3 Å². The lowest BCUT2D eigenvalue weighted by Gasteiger charge is -2.17. The van der Waals surface area contributed by atoms with Crippen molar-refractivity contribution in [2.75, 3.05) is 16.8 Å². The first-order chi connectivity index (χ1) is 11.5. The van der Waals surface area contributed by atoms with Crippen molar-refractivity contribution in [3.05, 3.63) is 51.7 Å². The van der Waals surface area contributed by atoms with Gasteiger partial charge < -0.3 is 10.2 Å². The smallest absolute Gasteiger partial charge is 0.239 e. The number of pyridine rings is 1. The van der Waals surface area contributed by atoms with Gasteiger partial charge in [0.2, 0.25) is 11.8 Å². The van der Waals surface area contributed by atoms with Crippen LogP contribution in [0.15, 0.2) is 36.5 Å². The Hall–Kier alpha value is -1.82. The van der Waals surface area contributed by atoms with E-state index < -0.39 is 5.92 Å². The summed E-state index contributed by atoms with van der Waals surface area (Å²) < 4.78 is 0. The zero-order valence-corrected chi connectivity index (χ0v) is 14.6. The zero-order chi connectivity index (χ0) is 17.3. The molecule has 124 valence electrons. The molecule has 0 bridgehead atoms. The maximum absolute atomic E-state index is 12.5. The van der Waals surface area contributed by atoms with Crippen LogP contribution in [0.5, 0.6) is 0 Å². The quantitative estimate of drug-likeness (QED) is 0.642. The van der Waals surface area contributed by atoms with Crippen molar-refractivity contribution in [1.82, 2.24) is 4.98 Å². The van der Waals surface area contributed by atoms with E-state index in [4.69, 9.17) is 34.8 Å². The molecule has 1 fully saturated rings. The van der Waals surface area contributed by atoms with Gasteiger partial charge in [0.05, 0.1) is 21.9 Å². The number of carbonyl (C=O) groups excluding carboxylic acids is 2. The fourth-order valence-electron chi connectivity index (χ4n) is 2.51. The molecule has 0 aliphatic carbocycles. The van der Waals surface area contributed by atoms with E-state index in [1.807, 2.05) is 0 Å². The molecule has 1 unspecified atom stereocenters. The molecular formula is C16H12Cl3N3O2. The molecule has 3 rings (SSSR count). The van der Waals surface area contributed by atoms with Crippen LogP contribution in [0.4, 0.5) is 11.4 Å². The molecule has 1 atom stereocenters.